The lowest BCUT2D eigenvalue weighted by Gasteiger charge is -2.09. The molecule has 2 N–H and O–H groups in total. The average Bonchev–Trinajstić information content (AvgIpc) is 2.68. The number of methoxy groups -OCH3 is 1. The molecular weight excluding hydrogens is 405 g/mol. The molecule has 28 heavy (non-hydrogen) atoms. The molecule has 0 aliphatic rings. The van der Waals surface area contributed by atoms with Gasteiger partial charge in [0, 0.05) is 24.2 Å². The van der Waals surface area contributed by atoms with E-state index in [0.29, 0.717) is 28.0 Å². The molecule has 0 unspecified atom stereocenters. The monoisotopic (exact) mass is 423 g/mol. The Kier molecular flexibility index (Phi) is 8.74. The number of halogens is 2. The third-order valence-corrected chi connectivity index (χ3v) is 4.14. The van der Waals surface area contributed by atoms with Gasteiger partial charge in [-0.15, -0.1) is 0 Å². The molecule has 0 aromatic heterocycles. The highest BCUT2D eigenvalue weighted by molar-refractivity contribution is 6.35. The molecule has 2 amide bonds. The Morgan fingerprint density at radius 3 is 2.61 bits per heavy atom. The van der Waals surface area contributed by atoms with Crippen LogP contribution >= 0.6 is 23.2 Å². The molecule has 0 aliphatic carbocycles. The SMILES string of the molecule is COCCNC(=O)C(=O)N/N=C\c1ccc(OCc2ccccc2Cl)c(Cl)c1. The lowest BCUT2D eigenvalue weighted by Crippen LogP contribution is -2.39. The molecule has 148 valence electrons. The summed E-state index contributed by atoms with van der Waals surface area (Å²) in [7, 11) is 1.49. The molecule has 0 heterocycles. The van der Waals surface area contributed by atoms with Gasteiger partial charge in [0.1, 0.15) is 12.4 Å². The zero-order valence-corrected chi connectivity index (χ0v) is 16.6. The highest BCUT2D eigenvalue weighted by atomic mass is 35.5. The molecule has 0 spiro atoms. The van der Waals surface area contributed by atoms with Crippen LogP contribution in [0.5, 0.6) is 5.75 Å². The quantitative estimate of drug-likeness (QED) is 0.295. The number of amides is 2. The Balaban J connectivity index is 1.87. The number of hydrogen-bond donors (Lipinski definition) is 2. The fourth-order valence-electron chi connectivity index (χ4n) is 2.05. The van der Waals surface area contributed by atoms with Gasteiger partial charge in [-0.2, -0.15) is 5.10 Å². The van der Waals surface area contributed by atoms with Gasteiger partial charge in [-0.05, 0) is 29.8 Å². The van der Waals surface area contributed by atoms with E-state index < -0.39 is 11.8 Å². The number of carbonyl (C=O) groups excluding carboxylic acids is 2. The summed E-state index contributed by atoms with van der Waals surface area (Å²) >= 11 is 12.3. The van der Waals surface area contributed by atoms with Crippen molar-refractivity contribution in [3.63, 3.8) is 0 Å². The molecule has 0 aliphatic heterocycles. The standard InChI is InChI=1S/C19H19Cl2N3O4/c1-27-9-8-22-18(25)19(26)24-23-11-13-6-7-17(16(21)10-13)28-12-14-4-2-3-5-15(14)20/h2-7,10-11H,8-9,12H2,1H3,(H,22,25)(H,24,26)/b23-11-. The number of nitrogens with zero attached hydrogens (tertiary/aromatic N) is 1. The maximum atomic E-state index is 11.6. The van der Waals surface area contributed by atoms with Gasteiger partial charge >= 0.3 is 11.8 Å². The zero-order valence-electron chi connectivity index (χ0n) is 15.1. The Hall–Kier alpha value is -2.61. The Bertz CT molecular complexity index is 859. The summed E-state index contributed by atoms with van der Waals surface area (Å²) in [5.74, 6) is -1.19. The van der Waals surface area contributed by atoms with Crippen LogP contribution in [0.1, 0.15) is 11.1 Å². The largest absolute Gasteiger partial charge is 0.487 e. The second-order valence-electron chi connectivity index (χ2n) is 5.52. The van der Waals surface area contributed by atoms with Crippen LogP contribution in [0.25, 0.3) is 0 Å². The molecule has 0 radical (unpaired) electrons. The van der Waals surface area contributed by atoms with Crippen LogP contribution in [0.2, 0.25) is 10.0 Å². The third-order valence-electron chi connectivity index (χ3n) is 3.47. The van der Waals surface area contributed by atoms with Crippen LogP contribution in [0.15, 0.2) is 47.6 Å². The number of nitrogens with one attached hydrogen (secondary N) is 2. The summed E-state index contributed by atoms with van der Waals surface area (Å²) in [6.07, 6.45) is 1.37. The number of hydrazone groups is 1. The van der Waals surface area contributed by atoms with Gasteiger partial charge in [0.15, 0.2) is 0 Å². The van der Waals surface area contributed by atoms with E-state index in [-0.39, 0.29) is 13.2 Å². The van der Waals surface area contributed by atoms with E-state index in [1.807, 2.05) is 18.2 Å². The molecule has 2 rings (SSSR count). The van der Waals surface area contributed by atoms with E-state index in [1.165, 1.54) is 13.3 Å². The van der Waals surface area contributed by atoms with Gasteiger partial charge in [0.2, 0.25) is 0 Å². The molecule has 0 saturated heterocycles. The highest BCUT2D eigenvalue weighted by Crippen LogP contribution is 2.26. The number of benzene rings is 2. The number of hydrogen-bond acceptors (Lipinski definition) is 5. The maximum absolute atomic E-state index is 11.6. The van der Waals surface area contributed by atoms with Gasteiger partial charge in [-0.1, -0.05) is 41.4 Å². The van der Waals surface area contributed by atoms with Gasteiger partial charge in [-0.3, -0.25) is 9.59 Å². The molecule has 2 aromatic rings. The Morgan fingerprint density at radius 2 is 1.89 bits per heavy atom. The Morgan fingerprint density at radius 1 is 1.11 bits per heavy atom. The predicted molar refractivity (Wildman–Crippen MR) is 108 cm³/mol. The van der Waals surface area contributed by atoms with Gasteiger partial charge in [0.05, 0.1) is 17.8 Å². The lowest BCUT2D eigenvalue weighted by atomic mass is 10.2. The van der Waals surface area contributed by atoms with E-state index in [1.54, 1.807) is 24.3 Å². The van der Waals surface area contributed by atoms with Crippen molar-refractivity contribution >= 4 is 41.2 Å². The van der Waals surface area contributed by atoms with Crippen molar-refractivity contribution < 1.29 is 19.1 Å². The van der Waals surface area contributed by atoms with E-state index in [4.69, 9.17) is 32.7 Å². The lowest BCUT2D eigenvalue weighted by molar-refractivity contribution is -0.139. The minimum Gasteiger partial charge on any atom is -0.487 e. The van der Waals surface area contributed by atoms with Gasteiger partial charge in [0.25, 0.3) is 0 Å². The highest BCUT2D eigenvalue weighted by Gasteiger charge is 2.11. The summed E-state index contributed by atoms with van der Waals surface area (Å²) in [4.78, 5) is 23.0. The normalized spacial score (nSPS) is 10.7. The van der Waals surface area contributed by atoms with Crippen molar-refractivity contribution in [1.29, 1.82) is 0 Å². The maximum Gasteiger partial charge on any atom is 0.329 e. The van der Waals surface area contributed by atoms with Crippen LogP contribution in [-0.4, -0.2) is 38.3 Å². The molecule has 0 atom stereocenters. The molecule has 0 fully saturated rings. The van der Waals surface area contributed by atoms with Gasteiger partial charge < -0.3 is 14.8 Å². The first-order valence-electron chi connectivity index (χ1n) is 8.27. The molecule has 2 aromatic carbocycles. The first-order valence-corrected chi connectivity index (χ1v) is 9.02. The van der Waals surface area contributed by atoms with Crippen molar-refractivity contribution in [2.75, 3.05) is 20.3 Å². The minimum absolute atomic E-state index is 0.234. The molecule has 0 saturated carbocycles. The number of carbonyl (C=O) groups is 2. The van der Waals surface area contributed by atoms with E-state index in [0.717, 1.165) is 5.56 Å². The third kappa shape index (κ3) is 6.84. The zero-order chi connectivity index (χ0) is 20.4. The fraction of sp³-hybridized carbons (Fsp3) is 0.211. The summed E-state index contributed by atoms with van der Waals surface area (Å²) in [5.41, 5.74) is 3.60. The van der Waals surface area contributed by atoms with Crippen molar-refractivity contribution in [2.45, 2.75) is 6.61 Å². The number of rotatable bonds is 8. The molecular formula is C19H19Cl2N3O4. The second kappa shape index (κ2) is 11.3. The van der Waals surface area contributed by atoms with Crippen LogP contribution in [0.4, 0.5) is 0 Å². The second-order valence-corrected chi connectivity index (χ2v) is 6.33. The van der Waals surface area contributed by atoms with Crippen molar-refractivity contribution in [3.05, 3.63) is 63.6 Å². The van der Waals surface area contributed by atoms with Crippen molar-refractivity contribution in [2.24, 2.45) is 5.10 Å². The first kappa shape index (κ1) is 21.7. The molecule has 0 bridgehead atoms. The fourth-order valence-corrected chi connectivity index (χ4v) is 2.48. The summed E-state index contributed by atoms with van der Waals surface area (Å²) in [6.45, 7) is 0.824. The summed E-state index contributed by atoms with van der Waals surface area (Å²) < 4.78 is 10.5. The van der Waals surface area contributed by atoms with Crippen LogP contribution in [0.3, 0.4) is 0 Å². The average molecular weight is 424 g/mol. The van der Waals surface area contributed by atoms with Crippen molar-refractivity contribution in [3.8, 4) is 5.75 Å². The van der Waals surface area contributed by atoms with Crippen LogP contribution < -0.4 is 15.5 Å². The molecule has 7 nitrogen and oxygen atoms in total. The topological polar surface area (TPSA) is 89.0 Å². The minimum atomic E-state index is -0.877. The smallest absolute Gasteiger partial charge is 0.329 e. The van der Waals surface area contributed by atoms with E-state index in [2.05, 4.69) is 15.8 Å². The van der Waals surface area contributed by atoms with E-state index in [9.17, 15) is 9.59 Å². The van der Waals surface area contributed by atoms with Crippen LogP contribution in [0, 0.1) is 0 Å². The summed E-state index contributed by atoms with van der Waals surface area (Å²) in [5, 5.41) is 7.11. The summed E-state index contributed by atoms with van der Waals surface area (Å²) in [6, 6.07) is 12.4. The van der Waals surface area contributed by atoms with Crippen LogP contribution in [-0.2, 0) is 20.9 Å². The molecule has 9 heteroatoms. The number of ether oxygens (including phenoxy) is 2. The van der Waals surface area contributed by atoms with Crippen molar-refractivity contribution in [1.82, 2.24) is 10.7 Å². The Labute approximate surface area is 172 Å². The van der Waals surface area contributed by atoms with Gasteiger partial charge in [-0.25, -0.2) is 5.43 Å². The first-order chi connectivity index (χ1) is 13.5. The van der Waals surface area contributed by atoms with E-state index >= 15 is 0 Å². The predicted octanol–water partition coefficient (Wildman–Crippen LogP) is 2.79.